The van der Waals surface area contributed by atoms with Crippen LogP contribution in [0.2, 0.25) is 0 Å². The fraction of sp³-hybridized carbons (Fsp3) is 0.250. The van der Waals surface area contributed by atoms with Crippen molar-refractivity contribution in [2.45, 2.75) is 39.3 Å². The lowest BCUT2D eigenvalue weighted by molar-refractivity contribution is -0.120. The summed E-state index contributed by atoms with van der Waals surface area (Å²) < 4.78 is 19.8. The Balaban J connectivity index is 1.91. The van der Waals surface area contributed by atoms with Gasteiger partial charge in [-0.05, 0) is 69.5 Å². The normalized spacial score (nSPS) is 11.6. The first-order chi connectivity index (χ1) is 16.5. The molecule has 1 aromatic heterocycles. The van der Waals surface area contributed by atoms with Gasteiger partial charge in [0.25, 0.3) is 0 Å². The second-order valence-corrected chi connectivity index (χ2v) is 8.98. The van der Waals surface area contributed by atoms with E-state index in [4.69, 9.17) is 4.74 Å². The Bertz CT molecular complexity index is 1270. The molecule has 3 aromatic rings. The van der Waals surface area contributed by atoms with Gasteiger partial charge in [-0.15, -0.1) is 0 Å². The monoisotopic (exact) mass is 473 g/mol. The number of hydrogen-bond acceptors (Lipinski definition) is 4. The third-order valence-electron chi connectivity index (χ3n) is 5.01. The van der Waals surface area contributed by atoms with Crippen molar-refractivity contribution in [2.24, 2.45) is 0 Å². The van der Waals surface area contributed by atoms with Gasteiger partial charge in [-0.1, -0.05) is 42.3 Å². The van der Waals surface area contributed by atoms with Gasteiger partial charge in [0.15, 0.2) is 0 Å². The Morgan fingerprint density at radius 3 is 2.34 bits per heavy atom. The molecule has 1 unspecified atom stereocenters. The maximum atomic E-state index is 14.5. The smallest absolute Gasteiger partial charge is 0.410 e. The van der Waals surface area contributed by atoms with Crippen LogP contribution in [-0.4, -0.2) is 40.6 Å². The summed E-state index contributed by atoms with van der Waals surface area (Å²) in [5.74, 6) is 5.32. The molecule has 0 aliphatic carbocycles. The molecular formula is C28H28FN3O3. The quantitative estimate of drug-likeness (QED) is 0.509. The first kappa shape index (κ1) is 25.4. The molecular weight excluding hydrogens is 445 g/mol. The third-order valence-corrected chi connectivity index (χ3v) is 5.01. The van der Waals surface area contributed by atoms with Crippen LogP contribution in [-0.2, 0) is 9.53 Å². The van der Waals surface area contributed by atoms with Gasteiger partial charge in [-0.3, -0.25) is 9.69 Å². The van der Waals surface area contributed by atoms with E-state index in [1.54, 1.807) is 58.0 Å². The number of rotatable bonds is 4. The summed E-state index contributed by atoms with van der Waals surface area (Å²) in [6, 6.07) is 18.1. The SMILES string of the molecule is CC(C(=O)Nc1cc(-c2ccccc2F)cc(C#Cc2ccccc2)n1)N(C)C(=O)OC(C)(C)C. The highest BCUT2D eigenvalue weighted by Crippen LogP contribution is 2.25. The van der Waals surface area contributed by atoms with Gasteiger partial charge >= 0.3 is 6.09 Å². The van der Waals surface area contributed by atoms with Crippen molar-refractivity contribution in [3.05, 3.63) is 83.8 Å². The minimum absolute atomic E-state index is 0.192. The Hall–Kier alpha value is -4.18. The van der Waals surface area contributed by atoms with Crippen LogP contribution in [0.15, 0.2) is 66.7 Å². The maximum Gasteiger partial charge on any atom is 0.410 e. The lowest BCUT2D eigenvalue weighted by Crippen LogP contribution is -2.45. The number of carbonyl (C=O) groups excluding carboxylic acids is 2. The van der Waals surface area contributed by atoms with Gasteiger partial charge < -0.3 is 10.1 Å². The van der Waals surface area contributed by atoms with Crippen LogP contribution >= 0.6 is 0 Å². The minimum Gasteiger partial charge on any atom is -0.444 e. The van der Waals surface area contributed by atoms with E-state index in [9.17, 15) is 14.0 Å². The Labute approximate surface area is 205 Å². The zero-order chi connectivity index (χ0) is 25.6. The summed E-state index contributed by atoms with van der Waals surface area (Å²) in [5, 5.41) is 2.72. The number of nitrogens with one attached hydrogen (secondary N) is 1. The lowest BCUT2D eigenvalue weighted by atomic mass is 10.0. The van der Waals surface area contributed by atoms with Crippen molar-refractivity contribution in [3.63, 3.8) is 0 Å². The number of halogens is 1. The van der Waals surface area contributed by atoms with Crippen molar-refractivity contribution in [1.82, 2.24) is 9.88 Å². The zero-order valence-corrected chi connectivity index (χ0v) is 20.4. The number of anilines is 1. The van der Waals surface area contributed by atoms with Gasteiger partial charge in [0, 0.05) is 18.2 Å². The molecule has 2 amide bonds. The van der Waals surface area contributed by atoms with Crippen molar-refractivity contribution in [3.8, 4) is 23.0 Å². The van der Waals surface area contributed by atoms with Crippen LogP contribution in [0, 0.1) is 17.7 Å². The largest absolute Gasteiger partial charge is 0.444 e. The molecule has 7 heteroatoms. The number of pyridine rings is 1. The Kier molecular flexibility index (Phi) is 7.87. The Morgan fingerprint density at radius 2 is 1.69 bits per heavy atom. The second-order valence-electron chi connectivity index (χ2n) is 8.98. The van der Waals surface area contributed by atoms with Gasteiger partial charge in [0.05, 0.1) is 0 Å². The number of aromatic nitrogens is 1. The molecule has 0 spiro atoms. The molecule has 0 aliphatic heterocycles. The molecule has 1 atom stereocenters. The van der Waals surface area contributed by atoms with E-state index in [1.807, 2.05) is 30.3 Å². The van der Waals surface area contributed by atoms with Crippen molar-refractivity contribution >= 4 is 17.8 Å². The van der Waals surface area contributed by atoms with Crippen LogP contribution < -0.4 is 5.32 Å². The predicted octanol–water partition coefficient (Wildman–Crippen LogP) is 5.48. The van der Waals surface area contributed by atoms with Crippen LogP contribution in [0.4, 0.5) is 15.0 Å². The molecule has 35 heavy (non-hydrogen) atoms. The number of nitrogens with zero attached hydrogens (tertiary/aromatic N) is 2. The minimum atomic E-state index is -0.845. The summed E-state index contributed by atoms with van der Waals surface area (Å²) in [4.78, 5) is 30.9. The molecule has 6 nitrogen and oxygen atoms in total. The predicted molar refractivity (Wildman–Crippen MR) is 134 cm³/mol. The molecule has 2 aromatic carbocycles. The molecule has 0 fully saturated rings. The van der Waals surface area contributed by atoms with Crippen LogP contribution in [0.5, 0.6) is 0 Å². The van der Waals surface area contributed by atoms with Crippen molar-refractivity contribution < 1.29 is 18.7 Å². The van der Waals surface area contributed by atoms with E-state index in [-0.39, 0.29) is 5.82 Å². The van der Waals surface area contributed by atoms with E-state index < -0.39 is 29.5 Å². The van der Waals surface area contributed by atoms with Gasteiger partial charge in [-0.2, -0.15) is 0 Å². The fourth-order valence-electron chi connectivity index (χ4n) is 3.07. The summed E-state index contributed by atoms with van der Waals surface area (Å²) in [7, 11) is 1.48. The van der Waals surface area contributed by atoms with Gasteiger partial charge in [0.1, 0.15) is 29.0 Å². The fourth-order valence-corrected chi connectivity index (χ4v) is 3.07. The number of hydrogen-bond donors (Lipinski definition) is 1. The first-order valence-electron chi connectivity index (χ1n) is 11.1. The molecule has 3 rings (SSSR count). The number of ether oxygens (including phenoxy) is 1. The van der Waals surface area contributed by atoms with Gasteiger partial charge in [-0.25, -0.2) is 14.2 Å². The molecule has 1 N–H and O–H groups in total. The summed E-state index contributed by atoms with van der Waals surface area (Å²) in [6.45, 7) is 6.83. The van der Waals surface area contributed by atoms with E-state index >= 15 is 0 Å². The molecule has 0 bridgehead atoms. The van der Waals surface area contributed by atoms with Crippen molar-refractivity contribution in [1.29, 1.82) is 0 Å². The summed E-state index contributed by atoms with van der Waals surface area (Å²) >= 11 is 0. The summed E-state index contributed by atoms with van der Waals surface area (Å²) in [6.07, 6.45) is -0.623. The second kappa shape index (κ2) is 10.8. The van der Waals surface area contributed by atoms with Gasteiger partial charge in [0.2, 0.25) is 5.91 Å². The molecule has 180 valence electrons. The highest BCUT2D eigenvalue weighted by atomic mass is 19.1. The highest BCUT2D eigenvalue weighted by molar-refractivity contribution is 5.96. The zero-order valence-electron chi connectivity index (χ0n) is 20.4. The highest BCUT2D eigenvalue weighted by Gasteiger charge is 2.27. The van der Waals surface area contributed by atoms with E-state index in [2.05, 4.69) is 22.1 Å². The number of amides is 2. The summed E-state index contributed by atoms with van der Waals surface area (Å²) in [5.41, 5.74) is 1.33. The average molecular weight is 474 g/mol. The number of carbonyl (C=O) groups is 2. The Morgan fingerprint density at radius 1 is 1.03 bits per heavy atom. The molecule has 0 saturated carbocycles. The first-order valence-corrected chi connectivity index (χ1v) is 11.1. The molecule has 0 saturated heterocycles. The molecule has 0 radical (unpaired) electrons. The molecule has 1 heterocycles. The lowest BCUT2D eigenvalue weighted by Gasteiger charge is -2.28. The topological polar surface area (TPSA) is 71.5 Å². The number of benzene rings is 2. The van der Waals surface area contributed by atoms with Crippen LogP contribution in [0.3, 0.4) is 0 Å². The standard InChI is InChI=1S/C28H28FN3O3/c1-19(32(5)27(34)35-28(2,3)4)26(33)31-25-18-21(23-13-9-10-14-24(23)29)17-22(30-25)16-15-20-11-7-6-8-12-20/h6-14,17-19H,1-5H3,(H,30,31,33). The number of likely N-dealkylation sites (N-methyl/N-ethyl adjacent to an activating group) is 1. The maximum absolute atomic E-state index is 14.5. The van der Waals surface area contributed by atoms with E-state index in [0.29, 0.717) is 16.8 Å². The van der Waals surface area contributed by atoms with Crippen LogP contribution in [0.1, 0.15) is 39.0 Å². The third kappa shape index (κ3) is 7.15. The van der Waals surface area contributed by atoms with E-state index in [0.717, 1.165) is 5.56 Å². The average Bonchev–Trinajstić information content (AvgIpc) is 2.81. The van der Waals surface area contributed by atoms with Crippen LogP contribution in [0.25, 0.3) is 11.1 Å². The van der Waals surface area contributed by atoms with Crippen molar-refractivity contribution in [2.75, 3.05) is 12.4 Å². The van der Waals surface area contributed by atoms with E-state index in [1.165, 1.54) is 18.0 Å². The molecule has 0 aliphatic rings.